The fourth-order valence-electron chi connectivity index (χ4n) is 1.49. The van der Waals surface area contributed by atoms with E-state index in [-0.39, 0.29) is 25.0 Å². The number of rotatable bonds is 3. The van der Waals surface area contributed by atoms with Gasteiger partial charge in [-0.15, -0.1) is 0 Å². The molecule has 5 heteroatoms. The fraction of sp³-hybridized carbons (Fsp3) is 0.286. The summed E-state index contributed by atoms with van der Waals surface area (Å²) in [4.78, 5) is 24.8. The maximum atomic E-state index is 12.2. The molecule has 0 bridgehead atoms. The lowest BCUT2D eigenvalue weighted by Gasteiger charge is -2.16. The molecule has 100 valence electrons. The van der Waals surface area contributed by atoms with Gasteiger partial charge in [0, 0.05) is 19.7 Å². The van der Waals surface area contributed by atoms with Gasteiger partial charge in [0.15, 0.2) is 0 Å². The Kier molecular flexibility index (Phi) is 5.58. The summed E-state index contributed by atoms with van der Waals surface area (Å²) >= 11 is 0. The first kappa shape index (κ1) is 14.7. The third-order valence-electron chi connectivity index (χ3n) is 2.47. The first-order valence-electron chi connectivity index (χ1n) is 5.75. The molecule has 0 fully saturated rings. The number of amides is 2. The van der Waals surface area contributed by atoms with Crippen molar-refractivity contribution in [1.82, 2.24) is 10.2 Å². The van der Waals surface area contributed by atoms with Crippen LogP contribution in [0.3, 0.4) is 0 Å². The van der Waals surface area contributed by atoms with Gasteiger partial charge in [0.05, 0.1) is 12.1 Å². The van der Waals surface area contributed by atoms with E-state index in [0.717, 1.165) is 0 Å². The van der Waals surface area contributed by atoms with E-state index in [1.54, 1.807) is 31.3 Å². The highest BCUT2D eigenvalue weighted by Crippen LogP contribution is 2.10. The highest BCUT2D eigenvalue weighted by molar-refractivity contribution is 5.98. The summed E-state index contributed by atoms with van der Waals surface area (Å²) in [6, 6.07) is 6.83. The predicted octanol–water partition coefficient (Wildman–Crippen LogP) is -0.152. The van der Waals surface area contributed by atoms with Gasteiger partial charge in [-0.3, -0.25) is 9.59 Å². The van der Waals surface area contributed by atoms with Crippen molar-refractivity contribution < 1.29 is 14.7 Å². The molecule has 0 aliphatic heterocycles. The summed E-state index contributed by atoms with van der Waals surface area (Å²) in [7, 11) is 3.06. The first-order chi connectivity index (χ1) is 9.10. The largest absolute Gasteiger partial charge is 0.384 e. The lowest BCUT2D eigenvalue weighted by atomic mass is 10.1. The lowest BCUT2D eigenvalue weighted by Crippen LogP contribution is -2.37. The van der Waals surface area contributed by atoms with E-state index in [2.05, 4.69) is 17.2 Å². The van der Waals surface area contributed by atoms with Crippen LogP contribution in [0, 0.1) is 11.8 Å². The number of hydrogen-bond donors (Lipinski definition) is 2. The van der Waals surface area contributed by atoms with Crippen LogP contribution >= 0.6 is 0 Å². The predicted molar refractivity (Wildman–Crippen MR) is 71.4 cm³/mol. The van der Waals surface area contributed by atoms with Gasteiger partial charge in [-0.05, 0) is 12.1 Å². The number of hydrogen-bond acceptors (Lipinski definition) is 3. The SMILES string of the molecule is CNC(=O)CN(C)C(=O)c1ccccc1C#CCO. The normalized spacial score (nSPS) is 9.21. The molecule has 0 aliphatic rings. The molecule has 19 heavy (non-hydrogen) atoms. The van der Waals surface area contributed by atoms with E-state index < -0.39 is 0 Å². The highest BCUT2D eigenvalue weighted by Gasteiger charge is 2.16. The van der Waals surface area contributed by atoms with Crippen molar-refractivity contribution >= 4 is 11.8 Å². The number of aliphatic hydroxyl groups excluding tert-OH is 1. The molecule has 0 saturated heterocycles. The molecule has 5 nitrogen and oxygen atoms in total. The number of likely N-dealkylation sites (N-methyl/N-ethyl adjacent to an activating group) is 2. The smallest absolute Gasteiger partial charge is 0.255 e. The monoisotopic (exact) mass is 260 g/mol. The van der Waals surface area contributed by atoms with Gasteiger partial charge in [0.2, 0.25) is 5.91 Å². The number of carbonyl (C=O) groups excluding carboxylic acids is 2. The fourth-order valence-corrected chi connectivity index (χ4v) is 1.49. The Hall–Kier alpha value is -2.32. The van der Waals surface area contributed by atoms with Gasteiger partial charge in [0.1, 0.15) is 6.61 Å². The Morgan fingerprint density at radius 3 is 2.68 bits per heavy atom. The van der Waals surface area contributed by atoms with Gasteiger partial charge in [-0.25, -0.2) is 0 Å². The molecule has 0 radical (unpaired) electrons. The zero-order chi connectivity index (χ0) is 14.3. The van der Waals surface area contributed by atoms with Gasteiger partial charge in [-0.1, -0.05) is 24.0 Å². The summed E-state index contributed by atoms with van der Waals surface area (Å²) in [5, 5.41) is 11.2. The number of aliphatic hydroxyl groups is 1. The van der Waals surface area contributed by atoms with E-state index in [1.165, 1.54) is 11.9 Å². The average molecular weight is 260 g/mol. The lowest BCUT2D eigenvalue weighted by molar-refractivity contribution is -0.121. The van der Waals surface area contributed by atoms with E-state index in [1.807, 2.05) is 0 Å². The van der Waals surface area contributed by atoms with Crippen LogP contribution in [0.5, 0.6) is 0 Å². The molecular formula is C14H16N2O3. The van der Waals surface area contributed by atoms with Gasteiger partial charge >= 0.3 is 0 Å². The van der Waals surface area contributed by atoms with Crippen molar-refractivity contribution in [3.63, 3.8) is 0 Å². The number of nitrogens with one attached hydrogen (secondary N) is 1. The van der Waals surface area contributed by atoms with E-state index in [9.17, 15) is 9.59 Å². The average Bonchev–Trinajstić information content (AvgIpc) is 2.44. The van der Waals surface area contributed by atoms with Crippen molar-refractivity contribution in [2.45, 2.75) is 0 Å². The molecular weight excluding hydrogens is 244 g/mol. The Morgan fingerprint density at radius 1 is 1.37 bits per heavy atom. The van der Waals surface area contributed by atoms with Crippen LogP contribution in [0.4, 0.5) is 0 Å². The zero-order valence-electron chi connectivity index (χ0n) is 10.9. The van der Waals surface area contributed by atoms with Crippen LogP contribution in [-0.4, -0.2) is 49.1 Å². The van der Waals surface area contributed by atoms with Crippen LogP contribution in [0.1, 0.15) is 15.9 Å². The van der Waals surface area contributed by atoms with E-state index in [0.29, 0.717) is 11.1 Å². The second-order valence-corrected chi connectivity index (χ2v) is 3.84. The molecule has 0 saturated carbocycles. The maximum absolute atomic E-state index is 12.2. The van der Waals surface area contributed by atoms with Crippen molar-refractivity contribution in [2.75, 3.05) is 27.2 Å². The van der Waals surface area contributed by atoms with Crippen LogP contribution in [-0.2, 0) is 4.79 Å². The van der Waals surface area contributed by atoms with Crippen molar-refractivity contribution in [2.24, 2.45) is 0 Å². The molecule has 2 amide bonds. The quantitative estimate of drug-likeness (QED) is 0.742. The molecule has 0 aliphatic carbocycles. The van der Waals surface area contributed by atoms with Crippen molar-refractivity contribution in [3.05, 3.63) is 35.4 Å². The molecule has 1 aromatic carbocycles. The topological polar surface area (TPSA) is 69.6 Å². The molecule has 0 spiro atoms. The third-order valence-corrected chi connectivity index (χ3v) is 2.47. The van der Waals surface area contributed by atoms with Crippen molar-refractivity contribution in [3.8, 4) is 11.8 Å². The second-order valence-electron chi connectivity index (χ2n) is 3.84. The summed E-state index contributed by atoms with van der Waals surface area (Å²) in [6.45, 7) is -0.284. The van der Waals surface area contributed by atoms with Crippen LogP contribution < -0.4 is 5.32 Å². The van der Waals surface area contributed by atoms with Crippen LogP contribution in [0.25, 0.3) is 0 Å². The molecule has 2 N–H and O–H groups in total. The van der Waals surface area contributed by atoms with Crippen LogP contribution in [0.15, 0.2) is 24.3 Å². The minimum Gasteiger partial charge on any atom is -0.384 e. The Morgan fingerprint density at radius 2 is 2.05 bits per heavy atom. The number of benzene rings is 1. The minimum atomic E-state index is -0.286. The summed E-state index contributed by atoms with van der Waals surface area (Å²) in [5.41, 5.74) is 0.945. The van der Waals surface area contributed by atoms with E-state index >= 15 is 0 Å². The van der Waals surface area contributed by atoms with Crippen molar-refractivity contribution in [1.29, 1.82) is 0 Å². The number of carbonyl (C=O) groups is 2. The minimum absolute atomic E-state index is 0.0168. The molecule has 0 heterocycles. The summed E-state index contributed by atoms with van der Waals surface area (Å²) < 4.78 is 0. The standard InChI is InChI=1S/C14H16N2O3/c1-15-13(18)10-16(2)14(19)12-8-4-3-6-11(12)7-5-9-17/h3-4,6,8,17H,9-10H2,1-2H3,(H,15,18). The Balaban J connectivity index is 2.96. The molecule has 1 aromatic rings. The Labute approximate surface area is 112 Å². The molecule has 0 unspecified atom stereocenters. The molecule has 0 aromatic heterocycles. The maximum Gasteiger partial charge on any atom is 0.255 e. The van der Waals surface area contributed by atoms with Gasteiger partial charge < -0.3 is 15.3 Å². The molecule has 0 atom stereocenters. The summed E-state index contributed by atoms with van der Waals surface area (Å²) in [5.74, 6) is 4.70. The van der Waals surface area contributed by atoms with Crippen LogP contribution in [0.2, 0.25) is 0 Å². The molecule has 1 rings (SSSR count). The summed E-state index contributed by atoms with van der Waals surface area (Å²) in [6.07, 6.45) is 0. The number of nitrogens with zero attached hydrogens (tertiary/aromatic N) is 1. The Bertz CT molecular complexity index is 529. The second kappa shape index (κ2) is 7.19. The zero-order valence-corrected chi connectivity index (χ0v) is 10.9. The first-order valence-corrected chi connectivity index (χ1v) is 5.75. The highest BCUT2D eigenvalue weighted by atomic mass is 16.2. The third kappa shape index (κ3) is 4.12. The van der Waals surface area contributed by atoms with E-state index in [4.69, 9.17) is 5.11 Å². The van der Waals surface area contributed by atoms with Gasteiger partial charge in [0.25, 0.3) is 5.91 Å². The van der Waals surface area contributed by atoms with Gasteiger partial charge in [-0.2, -0.15) is 0 Å².